The lowest BCUT2D eigenvalue weighted by atomic mass is 10.2. The number of nitrogens with zero attached hydrogens (tertiary/aromatic N) is 4. The van der Waals surface area contributed by atoms with Crippen LogP contribution in [0.15, 0.2) is 22.8 Å². The molecule has 24 heavy (non-hydrogen) atoms. The standard InChI is InChI=1S/C17H31ClN4O2/c1-8-21(9-2)12-13-22(11-10-20-16(18)19-7)14(3)15(23)24-17(4,5)6/h8,14H,1,7,9-13H2,2-6H3/b20-16-. The van der Waals surface area contributed by atoms with Crippen molar-refractivity contribution < 1.29 is 9.53 Å². The average molecular weight is 359 g/mol. The van der Waals surface area contributed by atoms with Gasteiger partial charge in [-0.3, -0.25) is 14.7 Å². The zero-order valence-electron chi connectivity index (χ0n) is 15.6. The second-order valence-electron chi connectivity index (χ2n) is 6.37. The molecule has 0 aromatic heterocycles. The molecule has 0 radical (unpaired) electrons. The first-order valence-electron chi connectivity index (χ1n) is 8.14. The predicted octanol–water partition coefficient (Wildman–Crippen LogP) is 2.78. The minimum absolute atomic E-state index is 0.126. The second kappa shape index (κ2) is 11.2. The molecule has 0 heterocycles. The highest BCUT2D eigenvalue weighted by atomic mass is 35.5. The SMILES string of the molecule is C=CN(CC)CCN(CC/N=C(/Cl)N=C)C(C)C(=O)OC(C)(C)C. The van der Waals surface area contributed by atoms with E-state index < -0.39 is 5.60 Å². The minimum Gasteiger partial charge on any atom is -0.459 e. The van der Waals surface area contributed by atoms with Crippen molar-refractivity contribution in [3.63, 3.8) is 0 Å². The van der Waals surface area contributed by atoms with E-state index in [0.29, 0.717) is 19.6 Å². The molecule has 6 nitrogen and oxygen atoms in total. The van der Waals surface area contributed by atoms with E-state index in [1.165, 1.54) is 0 Å². The van der Waals surface area contributed by atoms with Gasteiger partial charge in [0.25, 0.3) is 0 Å². The lowest BCUT2D eigenvalue weighted by Gasteiger charge is -2.31. The number of amidine groups is 1. The van der Waals surface area contributed by atoms with Gasteiger partial charge in [0.15, 0.2) is 0 Å². The number of carbonyl (C=O) groups excluding carboxylic acids is 1. The van der Waals surface area contributed by atoms with E-state index in [2.05, 4.69) is 35.1 Å². The first kappa shape index (κ1) is 22.6. The summed E-state index contributed by atoms with van der Waals surface area (Å²) < 4.78 is 5.48. The van der Waals surface area contributed by atoms with Gasteiger partial charge in [-0.1, -0.05) is 6.58 Å². The van der Waals surface area contributed by atoms with Crippen LogP contribution >= 0.6 is 11.6 Å². The highest BCUT2D eigenvalue weighted by Gasteiger charge is 2.26. The molecular formula is C17H31ClN4O2. The molecule has 0 fully saturated rings. The Kier molecular flexibility index (Phi) is 10.6. The summed E-state index contributed by atoms with van der Waals surface area (Å²) in [7, 11) is 0. The van der Waals surface area contributed by atoms with E-state index in [4.69, 9.17) is 16.3 Å². The lowest BCUT2D eigenvalue weighted by molar-refractivity contribution is -0.160. The van der Waals surface area contributed by atoms with Crippen LogP contribution in [0.3, 0.4) is 0 Å². The Morgan fingerprint density at radius 3 is 2.42 bits per heavy atom. The summed E-state index contributed by atoms with van der Waals surface area (Å²) in [6, 6.07) is -0.376. The fraction of sp³-hybridized carbons (Fsp3) is 0.706. The van der Waals surface area contributed by atoms with Gasteiger partial charge in [0.05, 0.1) is 6.54 Å². The number of likely N-dealkylation sites (N-methyl/N-ethyl adjacent to an activating group) is 1. The molecular weight excluding hydrogens is 328 g/mol. The van der Waals surface area contributed by atoms with Crippen LogP contribution in [-0.4, -0.2) is 72.1 Å². The van der Waals surface area contributed by atoms with Crippen LogP contribution < -0.4 is 0 Å². The first-order valence-corrected chi connectivity index (χ1v) is 8.52. The normalized spacial score (nSPS) is 13.5. The fourth-order valence-corrected chi connectivity index (χ4v) is 2.08. The summed E-state index contributed by atoms with van der Waals surface area (Å²) in [5.74, 6) is -0.249. The van der Waals surface area contributed by atoms with Gasteiger partial charge in [0.1, 0.15) is 11.6 Å². The van der Waals surface area contributed by atoms with E-state index in [1.807, 2.05) is 32.6 Å². The summed E-state index contributed by atoms with van der Waals surface area (Å²) in [5.41, 5.74) is -0.512. The van der Waals surface area contributed by atoms with Gasteiger partial charge in [-0.05, 0) is 59.1 Å². The van der Waals surface area contributed by atoms with E-state index in [9.17, 15) is 4.79 Å². The third kappa shape index (κ3) is 9.67. The van der Waals surface area contributed by atoms with Crippen molar-refractivity contribution >= 4 is 29.6 Å². The van der Waals surface area contributed by atoms with Gasteiger partial charge in [-0.15, -0.1) is 0 Å². The molecule has 0 spiro atoms. The van der Waals surface area contributed by atoms with Gasteiger partial charge in [0, 0.05) is 26.2 Å². The van der Waals surface area contributed by atoms with Crippen LogP contribution in [0.1, 0.15) is 34.6 Å². The van der Waals surface area contributed by atoms with E-state index in [1.54, 1.807) is 6.20 Å². The van der Waals surface area contributed by atoms with Crippen LogP contribution in [0.4, 0.5) is 0 Å². The van der Waals surface area contributed by atoms with Crippen molar-refractivity contribution in [1.29, 1.82) is 0 Å². The Labute approximate surface area is 151 Å². The highest BCUT2D eigenvalue weighted by molar-refractivity contribution is 6.65. The number of esters is 1. The molecule has 0 aromatic carbocycles. The van der Waals surface area contributed by atoms with Gasteiger partial charge in [0.2, 0.25) is 5.29 Å². The Morgan fingerprint density at radius 1 is 1.33 bits per heavy atom. The van der Waals surface area contributed by atoms with Gasteiger partial charge in [-0.25, -0.2) is 4.99 Å². The predicted molar refractivity (Wildman–Crippen MR) is 102 cm³/mol. The average Bonchev–Trinajstić information content (AvgIpc) is 2.51. The number of rotatable bonds is 10. The quantitative estimate of drug-likeness (QED) is 0.261. The van der Waals surface area contributed by atoms with Crippen LogP contribution in [0.2, 0.25) is 0 Å². The summed E-state index contributed by atoms with van der Waals surface area (Å²) in [5, 5.41) is 0.126. The van der Waals surface area contributed by atoms with Crippen molar-refractivity contribution in [2.24, 2.45) is 9.98 Å². The zero-order chi connectivity index (χ0) is 18.8. The molecule has 0 amide bonds. The van der Waals surface area contributed by atoms with Gasteiger partial charge in [-0.2, -0.15) is 0 Å². The molecule has 138 valence electrons. The van der Waals surface area contributed by atoms with Crippen molar-refractivity contribution in [2.75, 3.05) is 32.7 Å². The highest BCUT2D eigenvalue weighted by Crippen LogP contribution is 2.11. The van der Waals surface area contributed by atoms with Crippen molar-refractivity contribution in [3.8, 4) is 0 Å². The zero-order valence-corrected chi connectivity index (χ0v) is 16.3. The van der Waals surface area contributed by atoms with Gasteiger partial charge < -0.3 is 9.64 Å². The van der Waals surface area contributed by atoms with Gasteiger partial charge >= 0.3 is 5.97 Å². The monoisotopic (exact) mass is 358 g/mol. The molecule has 0 aliphatic rings. The van der Waals surface area contributed by atoms with Crippen LogP contribution in [0, 0.1) is 0 Å². The Balaban J connectivity index is 4.90. The second-order valence-corrected chi connectivity index (χ2v) is 6.70. The molecule has 1 atom stereocenters. The molecule has 0 saturated heterocycles. The van der Waals surface area contributed by atoms with Crippen LogP contribution in [0.5, 0.6) is 0 Å². The third-order valence-corrected chi connectivity index (χ3v) is 3.63. The topological polar surface area (TPSA) is 57.5 Å². The first-order chi connectivity index (χ1) is 11.1. The van der Waals surface area contributed by atoms with E-state index >= 15 is 0 Å². The molecule has 0 aliphatic carbocycles. The Hall–Kier alpha value is -1.40. The number of hydrogen-bond donors (Lipinski definition) is 0. The molecule has 0 N–H and O–H groups in total. The van der Waals surface area contributed by atoms with E-state index in [0.717, 1.165) is 13.1 Å². The van der Waals surface area contributed by atoms with Crippen LogP contribution in [0.25, 0.3) is 0 Å². The molecule has 1 unspecified atom stereocenters. The van der Waals surface area contributed by atoms with Crippen molar-refractivity contribution in [2.45, 2.75) is 46.3 Å². The number of ether oxygens (including phenoxy) is 1. The minimum atomic E-state index is -0.512. The third-order valence-electron chi connectivity index (χ3n) is 3.39. The number of halogens is 1. The van der Waals surface area contributed by atoms with Crippen molar-refractivity contribution in [1.82, 2.24) is 9.80 Å². The largest absolute Gasteiger partial charge is 0.459 e. The Bertz CT molecular complexity index is 446. The maximum Gasteiger partial charge on any atom is 0.323 e. The maximum absolute atomic E-state index is 12.3. The number of hydrogen-bond acceptors (Lipinski definition) is 5. The number of carbonyl (C=O) groups is 1. The summed E-state index contributed by atoms with van der Waals surface area (Å²) >= 11 is 5.74. The summed E-state index contributed by atoms with van der Waals surface area (Å²) in [4.78, 5) is 24.1. The molecule has 0 rings (SSSR count). The van der Waals surface area contributed by atoms with Crippen LogP contribution in [-0.2, 0) is 9.53 Å². The molecule has 0 aliphatic heterocycles. The fourth-order valence-electron chi connectivity index (χ4n) is 1.99. The van der Waals surface area contributed by atoms with Crippen molar-refractivity contribution in [3.05, 3.63) is 12.8 Å². The molecule has 0 saturated carbocycles. The maximum atomic E-state index is 12.3. The summed E-state index contributed by atoms with van der Waals surface area (Å²) in [6.07, 6.45) is 1.80. The molecule has 0 aromatic rings. The Morgan fingerprint density at radius 2 is 1.96 bits per heavy atom. The lowest BCUT2D eigenvalue weighted by Crippen LogP contribution is -2.46. The molecule has 0 bridgehead atoms. The molecule has 7 heteroatoms. The summed E-state index contributed by atoms with van der Waals surface area (Å²) in [6.45, 7) is 19.9. The van der Waals surface area contributed by atoms with E-state index in [-0.39, 0.29) is 17.3 Å². The number of aliphatic imine (C=N–C) groups is 2. The smallest absolute Gasteiger partial charge is 0.323 e.